The van der Waals surface area contributed by atoms with Crippen LogP contribution >= 0.6 is 0 Å². The number of aryl methyl sites for hydroxylation is 1. The summed E-state index contributed by atoms with van der Waals surface area (Å²) in [4.78, 5) is 12.5. The van der Waals surface area contributed by atoms with E-state index < -0.39 is 5.91 Å². The number of carbonyl (C=O) groups excluding carboxylic acids is 1. The number of hydrogen-bond donors (Lipinski definition) is 4. The van der Waals surface area contributed by atoms with Crippen molar-refractivity contribution in [1.29, 1.82) is 0 Å². The van der Waals surface area contributed by atoms with Crippen LogP contribution in [-0.4, -0.2) is 47.1 Å². The van der Waals surface area contributed by atoms with Gasteiger partial charge in [-0.1, -0.05) is 5.21 Å². The van der Waals surface area contributed by atoms with E-state index >= 15 is 0 Å². The Bertz CT molecular complexity index is 1010. The molecular formula is C14H14N8O4. The summed E-state index contributed by atoms with van der Waals surface area (Å²) in [5.74, 6) is -0.935. The molecule has 2 aromatic heterocycles. The number of hydrazone groups is 1. The Hall–Kier alpha value is -3.96. The van der Waals surface area contributed by atoms with Gasteiger partial charge in [0, 0.05) is 11.6 Å². The molecule has 0 aliphatic heterocycles. The Balaban J connectivity index is 1.87. The summed E-state index contributed by atoms with van der Waals surface area (Å²) in [6.07, 6.45) is 0. The number of aromatic hydroxyl groups is 2. The fourth-order valence-corrected chi connectivity index (χ4v) is 2.18. The smallest absolute Gasteiger partial charge is 0.292 e. The van der Waals surface area contributed by atoms with Crippen molar-refractivity contribution >= 4 is 17.4 Å². The van der Waals surface area contributed by atoms with E-state index in [0.29, 0.717) is 17.0 Å². The number of nitrogen functional groups attached to an aromatic ring is 1. The van der Waals surface area contributed by atoms with E-state index in [2.05, 4.69) is 35.8 Å². The molecule has 0 bridgehead atoms. The van der Waals surface area contributed by atoms with Gasteiger partial charge >= 0.3 is 0 Å². The molecule has 0 aliphatic rings. The van der Waals surface area contributed by atoms with Gasteiger partial charge in [-0.15, -0.1) is 5.10 Å². The number of anilines is 1. The highest BCUT2D eigenvalue weighted by Crippen LogP contribution is 2.23. The molecule has 26 heavy (non-hydrogen) atoms. The lowest BCUT2D eigenvalue weighted by molar-refractivity contribution is 0.0946. The first-order chi connectivity index (χ1) is 12.4. The molecule has 1 aromatic carbocycles. The number of nitrogens with one attached hydrogen (secondary N) is 1. The molecule has 0 unspecified atom stereocenters. The van der Waals surface area contributed by atoms with E-state index in [9.17, 15) is 15.0 Å². The van der Waals surface area contributed by atoms with Gasteiger partial charge < -0.3 is 15.9 Å². The van der Waals surface area contributed by atoms with Crippen molar-refractivity contribution in [3.8, 4) is 17.3 Å². The molecule has 1 amide bonds. The van der Waals surface area contributed by atoms with Crippen LogP contribution in [0.1, 0.15) is 28.7 Å². The van der Waals surface area contributed by atoms with Gasteiger partial charge in [0.05, 0.1) is 11.4 Å². The number of nitrogens with zero attached hydrogens (tertiary/aromatic N) is 6. The summed E-state index contributed by atoms with van der Waals surface area (Å²) >= 11 is 0. The lowest BCUT2D eigenvalue weighted by Gasteiger charge is -2.06. The van der Waals surface area contributed by atoms with Crippen molar-refractivity contribution < 1.29 is 19.6 Å². The first-order valence-corrected chi connectivity index (χ1v) is 7.26. The lowest BCUT2D eigenvalue weighted by atomic mass is 10.1. The quantitative estimate of drug-likeness (QED) is 0.372. The maximum absolute atomic E-state index is 12.5. The number of aromatic nitrogens is 5. The van der Waals surface area contributed by atoms with Crippen molar-refractivity contribution in [1.82, 2.24) is 30.7 Å². The largest absolute Gasteiger partial charge is 0.508 e. The SMILES string of the molecule is C/C(=N/NC(=O)c1c(C)nnn1-c1nonc1N)c1ccc(O)cc1O. The Morgan fingerprint density at radius 1 is 1.35 bits per heavy atom. The first-order valence-electron chi connectivity index (χ1n) is 7.26. The second kappa shape index (κ2) is 6.51. The van der Waals surface area contributed by atoms with Crippen molar-refractivity contribution in [3.05, 3.63) is 35.2 Å². The molecular weight excluding hydrogens is 344 g/mol. The molecule has 0 saturated carbocycles. The van der Waals surface area contributed by atoms with E-state index in [1.807, 2.05) is 0 Å². The van der Waals surface area contributed by atoms with E-state index in [1.54, 1.807) is 13.8 Å². The number of rotatable bonds is 4. The highest BCUT2D eigenvalue weighted by molar-refractivity contribution is 6.02. The number of carbonyl (C=O) groups is 1. The standard InChI is InChI=1S/C14H14N8O4/c1-6(9-4-3-8(23)5-10(9)24)16-18-14(25)11-7(2)17-21-22(11)13-12(15)19-26-20-13/h3-5,23-24H,1-2H3,(H2,15,19)(H,18,25)/b16-6-. The molecule has 134 valence electrons. The van der Waals surface area contributed by atoms with Gasteiger partial charge in [0.2, 0.25) is 11.6 Å². The van der Waals surface area contributed by atoms with Gasteiger partial charge in [-0.3, -0.25) is 4.79 Å². The lowest BCUT2D eigenvalue weighted by Crippen LogP contribution is -2.24. The normalized spacial score (nSPS) is 11.5. The Labute approximate surface area is 145 Å². The summed E-state index contributed by atoms with van der Waals surface area (Å²) < 4.78 is 5.58. The predicted octanol–water partition coefficient (Wildman–Crippen LogP) is 0.106. The molecule has 12 heteroatoms. The highest BCUT2D eigenvalue weighted by atomic mass is 16.6. The molecule has 12 nitrogen and oxygen atoms in total. The third-order valence-corrected chi connectivity index (χ3v) is 3.45. The van der Waals surface area contributed by atoms with Crippen LogP contribution in [0.3, 0.4) is 0 Å². The number of phenolic OH excluding ortho intramolecular Hbond substituents is 2. The maximum Gasteiger partial charge on any atom is 0.292 e. The third-order valence-electron chi connectivity index (χ3n) is 3.45. The first kappa shape index (κ1) is 16.9. The van der Waals surface area contributed by atoms with Gasteiger partial charge in [0.1, 0.15) is 11.5 Å². The number of benzene rings is 1. The number of hydrogen-bond acceptors (Lipinski definition) is 10. The van der Waals surface area contributed by atoms with E-state index in [1.165, 1.54) is 18.2 Å². The van der Waals surface area contributed by atoms with E-state index in [0.717, 1.165) is 4.68 Å². The minimum absolute atomic E-state index is 0.0210. The molecule has 0 aliphatic carbocycles. The molecule has 0 radical (unpaired) electrons. The summed E-state index contributed by atoms with van der Waals surface area (Å²) in [5.41, 5.74) is 8.97. The van der Waals surface area contributed by atoms with Gasteiger partial charge in [0.15, 0.2) is 5.69 Å². The van der Waals surface area contributed by atoms with Gasteiger partial charge in [0.25, 0.3) is 5.91 Å². The van der Waals surface area contributed by atoms with Crippen LogP contribution in [0.5, 0.6) is 11.5 Å². The van der Waals surface area contributed by atoms with Crippen molar-refractivity contribution in [3.63, 3.8) is 0 Å². The van der Waals surface area contributed by atoms with Crippen molar-refractivity contribution in [2.75, 3.05) is 5.73 Å². The topological polar surface area (TPSA) is 178 Å². The predicted molar refractivity (Wildman–Crippen MR) is 87.8 cm³/mol. The minimum Gasteiger partial charge on any atom is -0.508 e. The Kier molecular flexibility index (Phi) is 4.22. The molecule has 0 fully saturated rings. The van der Waals surface area contributed by atoms with Gasteiger partial charge in [-0.2, -0.15) is 9.78 Å². The molecule has 5 N–H and O–H groups in total. The minimum atomic E-state index is -0.632. The van der Waals surface area contributed by atoms with Crippen molar-refractivity contribution in [2.45, 2.75) is 13.8 Å². The fourth-order valence-electron chi connectivity index (χ4n) is 2.18. The van der Waals surface area contributed by atoms with Crippen LogP contribution in [0, 0.1) is 6.92 Å². The maximum atomic E-state index is 12.5. The van der Waals surface area contributed by atoms with Gasteiger partial charge in [-0.05, 0) is 36.3 Å². The zero-order chi connectivity index (χ0) is 18.8. The van der Waals surface area contributed by atoms with Crippen molar-refractivity contribution in [2.24, 2.45) is 5.10 Å². The van der Waals surface area contributed by atoms with E-state index in [4.69, 9.17) is 5.73 Å². The van der Waals surface area contributed by atoms with Crippen LogP contribution in [0.4, 0.5) is 5.82 Å². The van der Waals surface area contributed by atoms with Crippen LogP contribution in [-0.2, 0) is 0 Å². The molecule has 3 rings (SSSR count). The summed E-state index contributed by atoms with van der Waals surface area (Å²) in [7, 11) is 0. The molecule has 0 spiro atoms. The molecule has 0 saturated heterocycles. The molecule has 0 atom stereocenters. The van der Waals surface area contributed by atoms with E-state index in [-0.39, 0.29) is 28.8 Å². The molecule has 2 heterocycles. The Morgan fingerprint density at radius 3 is 2.77 bits per heavy atom. The summed E-state index contributed by atoms with van der Waals surface area (Å²) in [6.45, 7) is 3.15. The number of nitrogens with two attached hydrogens (primary N) is 1. The fraction of sp³-hybridized carbons (Fsp3) is 0.143. The Morgan fingerprint density at radius 2 is 2.12 bits per heavy atom. The second-order valence-electron chi connectivity index (χ2n) is 5.25. The zero-order valence-electron chi connectivity index (χ0n) is 13.7. The van der Waals surface area contributed by atoms with Gasteiger partial charge in [-0.25, -0.2) is 10.1 Å². The number of phenols is 2. The molecule has 3 aromatic rings. The van der Waals surface area contributed by atoms with Crippen LogP contribution < -0.4 is 11.2 Å². The van der Waals surface area contributed by atoms with Crippen LogP contribution in [0.2, 0.25) is 0 Å². The monoisotopic (exact) mass is 358 g/mol. The number of amides is 1. The van der Waals surface area contributed by atoms with Crippen LogP contribution in [0.15, 0.2) is 27.9 Å². The third kappa shape index (κ3) is 3.02. The average molecular weight is 358 g/mol. The second-order valence-corrected chi connectivity index (χ2v) is 5.25. The summed E-state index contributed by atoms with van der Waals surface area (Å²) in [6, 6.07) is 4.02. The van der Waals surface area contributed by atoms with Crippen LogP contribution in [0.25, 0.3) is 5.82 Å². The average Bonchev–Trinajstić information content (AvgIpc) is 3.17. The summed E-state index contributed by atoms with van der Waals surface area (Å²) in [5, 5.41) is 37.7. The highest BCUT2D eigenvalue weighted by Gasteiger charge is 2.23. The zero-order valence-corrected chi connectivity index (χ0v) is 13.7.